The summed E-state index contributed by atoms with van der Waals surface area (Å²) in [5.74, 6) is 1.17. The van der Waals surface area contributed by atoms with Crippen LogP contribution in [0.4, 0.5) is 0 Å². The highest BCUT2D eigenvalue weighted by Crippen LogP contribution is 2.39. The number of ether oxygens (including phenoxy) is 2. The van der Waals surface area contributed by atoms with E-state index in [-0.39, 0.29) is 21.9 Å². The molecular formula is C21H23ClN2O5S. The highest BCUT2D eigenvalue weighted by Gasteiger charge is 2.32. The topological polar surface area (TPSA) is 76.2 Å². The second-order valence-corrected chi connectivity index (χ2v) is 10.0. The Morgan fingerprint density at radius 2 is 1.83 bits per heavy atom. The molecule has 2 heterocycles. The first-order chi connectivity index (χ1) is 14.3. The Hall–Kier alpha value is -2.29. The van der Waals surface area contributed by atoms with E-state index < -0.39 is 10.0 Å². The normalized spacial score (nSPS) is 18.7. The molecule has 0 aliphatic carbocycles. The number of carbonyl (C=O) groups is 1. The van der Waals surface area contributed by atoms with Crippen molar-refractivity contribution in [2.24, 2.45) is 0 Å². The number of benzene rings is 2. The van der Waals surface area contributed by atoms with Crippen molar-refractivity contribution in [3.63, 3.8) is 0 Å². The van der Waals surface area contributed by atoms with E-state index in [1.165, 1.54) is 26.2 Å². The highest BCUT2D eigenvalue weighted by molar-refractivity contribution is 7.89. The van der Waals surface area contributed by atoms with Crippen LogP contribution in [-0.2, 0) is 10.0 Å². The van der Waals surface area contributed by atoms with Crippen LogP contribution in [0.5, 0.6) is 11.5 Å². The Bertz CT molecular complexity index is 1090. The van der Waals surface area contributed by atoms with Crippen molar-refractivity contribution in [2.45, 2.75) is 23.8 Å². The van der Waals surface area contributed by atoms with Crippen molar-refractivity contribution in [1.82, 2.24) is 9.21 Å². The minimum atomic E-state index is -3.76. The van der Waals surface area contributed by atoms with Gasteiger partial charge in [0.2, 0.25) is 10.0 Å². The molecule has 0 unspecified atom stereocenters. The molecule has 9 heteroatoms. The SMILES string of the molecule is CN(C)S(=O)(=O)c1cc(C(=O)N2CCC[C@@H]2c2ccc3c(c2)OCCO3)ccc1Cl. The van der Waals surface area contributed by atoms with Gasteiger partial charge in [-0.1, -0.05) is 17.7 Å². The van der Waals surface area contributed by atoms with Gasteiger partial charge in [0.1, 0.15) is 18.1 Å². The molecule has 2 aromatic rings. The van der Waals surface area contributed by atoms with Gasteiger partial charge in [-0.3, -0.25) is 4.79 Å². The fourth-order valence-corrected chi connectivity index (χ4v) is 5.21. The van der Waals surface area contributed by atoms with Crippen molar-refractivity contribution in [3.05, 3.63) is 52.5 Å². The van der Waals surface area contributed by atoms with Gasteiger partial charge >= 0.3 is 0 Å². The largest absolute Gasteiger partial charge is 0.486 e. The number of hydrogen-bond acceptors (Lipinski definition) is 5. The smallest absolute Gasteiger partial charge is 0.254 e. The molecule has 0 aromatic heterocycles. The molecule has 160 valence electrons. The summed E-state index contributed by atoms with van der Waals surface area (Å²) in [5.41, 5.74) is 1.27. The van der Waals surface area contributed by atoms with Gasteiger partial charge in [0.05, 0.1) is 11.1 Å². The van der Waals surface area contributed by atoms with Crippen LogP contribution in [0.3, 0.4) is 0 Å². The standard InChI is InChI=1S/C21H23ClN2O5S/c1-23(2)30(26,27)20-13-15(5-7-16(20)22)21(25)24-9-3-4-17(24)14-6-8-18-19(12-14)29-11-10-28-18/h5-8,12-13,17H,3-4,9-11H2,1-2H3/t17-/m1/s1. The maximum absolute atomic E-state index is 13.3. The molecule has 1 fully saturated rings. The average Bonchev–Trinajstić information content (AvgIpc) is 3.23. The van der Waals surface area contributed by atoms with Gasteiger partial charge in [-0.15, -0.1) is 0 Å². The fraction of sp³-hybridized carbons (Fsp3) is 0.381. The lowest BCUT2D eigenvalue weighted by molar-refractivity contribution is 0.0735. The molecule has 1 amide bonds. The van der Waals surface area contributed by atoms with Gasteiger partial charge in [0.25, 0.3) is 5.91 Å². The minimum Gasteiger partial charge on any atom is -0.486 e. The zero-order valence-corrected chi connectivity index (χ0v) is 18.4. The molecule has 7 nitrogen and oxygen atoms in total. The summed E-state index contributed by atoms with van der Waals surface area (Å²) in [6.45, 7) is 1.61. The Morgan fingerprint density at radius 3 is 2.57 bits per heavy atom. The number of likely N-dealkylation sites (tertiary alicyclic amines) is 1. The van der Waals surface area contributed by atoms with Crippen LogP contribution >= 0.6 is 11.6 Å². The van der Waals surface area contributed by atoms with E-state index in [9.17, 15) is 13.2 Å². The summed E-state index contributed by atoms with van der Waals surface area (Å²) in [7, 11) is -0.905. The molecular weight excluding hydrogens is 428 g/mol. The molecule has 2 aliphatic heterocycles. The van der Waals surface area contributed by atoms with Gasteiger partial charge in [-0.2, -0.15) is 0 Å². The number of nitrogens with zero attached hydrogens (tertiary/aromatic N) is 2. The molecule has 30 heavy (non-hydrogen) atoms. The Kier molecular flexibility index (Phi) is 5.65. The number of carbonyl (C=O) groups excluding carboxylic acids is 1. The Morgan fingerprint density at radius 1 is 1.10 bits per heavy atom. The van der Waals surface area contributed by atoms with Gasteiger partial charge in [-0.25, -0.2) is 12.7 Å². The van der Waals surface area contributed by atoms with Gasteiger partial charge in [0.15, 0.2) is 11.5 Å². The first kappa shape index (κ1) is 21.0. The van der Waals surface area contributed by atoms with Crippen LogP contribution in [-0.4, -0.2) is 57.4 Å². The van der Waals surface area contributed by atoms with Crippen LogP contribution in [0.2, 0.25) is 5.02 Å². The van der Waals surface area contributed by atoms with E-state index in [0.717, 1.165) is 22.7 Å². The molecule has 0 radical (unpaired) electrons. The summed E-state index contributed by atoms with van der Waals surface area (Å²) >= 11 is 6.12. The summed E-state index contributed by atoms with van der Waals surface area (Å²) in [6.07, 6.45) is 1.68. The van der Waals surface area contributed by atoms with Gasteiger partial charge < -0.3 is 14.4 Å². The number of rotatable bonds is 4. The first-order valence-electron chi connectivity index (χ1n) is 9.71. The van der Waals surface area contributed by atoms with Crippen molar-refractivity contribution in [1.29, 1.82) is 0 Å². The maximum atomic E-state index is 13.3. The molecule has 0 N–H and O–H groups in total. The fourth-order valence-electron chi connectivity index (χ4n) is 3.82. The molecule has 0 spiro atoms. The van der Waals surface area contributed by atoms with Crippen molar-refractivity contribution < 1.29 is 22.7 Å². The van der Waals surface area contributed by atoms with E-state index in [4.69, 9.17) is 21.1 Å². The summed E-state index contributed by atoms with van der Waals surface area (Å²) in [4.78, 5) is 15.0. The predicted molar refractivity (Wildman–Crippen MR) is 113 cm³/mol. The molecule has 4 rings (SSSR count). The third-order valence-electron chi connectivity index (χ3n) is 5.40. The molecule has 1 atom stereocenters. The van der Waals surface area contributed by atoms with Crippen molar-refractivity contribution >= 4 is 27.5 Å². The second-order valence-electron chi connectivity index (χ2n) is 7.49. The third-order valence-corrected chi connectivity index (χ3v) is 7.70. The van der Waals surface area contributed by atoms with Gasteiger partial charge in [0, 0.05) is 26.2 Å². The summed E-state index contributed by atoms with van der Waals surface area (Å²) in [6, 6.07) is 10.0. The van der Waals surface area contributed by atoms with E-state index in [2.05, 4.69) is 0 Å². The van der Waals surface area contributed by atoms with Crippen molar-refractivity contribution in [3.8, 4) is 11.5 Å². The van der Waals surface area contributed by atoms with E-state index >= 15 is 0 Å². The first-order valence-corrected chi connectivity index (χ1v) is 11.5. The molecule has 0 bridgehead atoms. The lowest BCUT2D eigenvalue weighted by Crippen LogP contribution is -2.31. The number of hydrogen-bond donors (Lipinski definition) is 0. The minimum absolute atomic E-state index is 0.0740. The molecule has 0 saturated carbocycles. The summed E-state index contributed by atoms with van der Waals surface area (Å²) in [5, 5.41) is 0.0880. The Balaban J connectivity index is 1.65. The zero-order chi connectivity index (χ0) is 21.5. The summed E-state index contributed by atoms with van der Waals surface area (Å²) < 4.78 is 37.5. The molecule has 2 aliphatic rings. The van der Waals surface area contributed by atoms with Gasteiger partial charge in [-0.05, 0) is 48.7 Å². The highest BCUT2D eigenvalue weighted by atomic mass is 35.5. The van der Waals surface area contributed by atoms with E-state index in [1.807, 2.05) is 18.2 Å². The van der Waals surface area contributed by atoms with E-state index in [0.29, 0.717) is 36.8 Å². The third kappa shape index (κ3) is 3.75. The van der Waals surface area contributed by atoms with Crippen LogP contribution in [0, 0.1) is 0 Å². The predicted octanol–water partition coefficient (Wildman–Crippen LogP) is 3.34. The number of fused-ring (bicyclic) bond motifs is 1. The average molecular weight is 451 g/mol. The molecule has 2 aromatic carbocycles. The maximum Gasteiger partial charge on any atom is 0.254 e. The van der Waals surface area contributed by atoms with Crippen LogP contribution < -0.4 is 9.47 Å². The second kappa shape index (κ2) is 8.09. The molecule has 1 saturated heterocycles. The monoisotopic (exact) mass is 450 g/mol. The quantitative estimate of drug-likeness (QED) is 0.714. The number of sulfonamides is 1. The van der Waals surface area contributed by atoms with Crippen molar-refractivity contribution in [2.75, 3.05) is 33.9 Å². The Labute approximate surface area is 181 Å². The van der Waals surface area contributed by atoms with E-state index in [1.54, 1.807) is 11.0 Å². The zero-order valence-electron chi connectivity index (χ0n) is 16.8. The van der Waals surface area contributed by atoms with Crippen LogP contribution in [0.15, 0.2) is 41.3 Å². The number of halogens is 1. The lowest BCUT2D eigenvalue weighted by Gasteiger charge is -2.27. The van der Waals surface area contributed by atoms with Crippen LogP contribution in [0.1, 0.15) is 34.8 Å². The lowest BCUT2D eigenvalue weighted by atomic mass is 10.0. The van der Waals surface area contributed by atoms with Crippen LogP contribution in [0.25, 0.3) is 0 Å². The number of amides is 1.